The number of hydrogen-bond donors (Lipinski definition) is 1. The van der Waals surface area contributed by atoms with Crippen LogP contribution in [0.25, 0.3) is 11.0 Å². The number of halogens is 2. The van der Waals surface area contributed by atoms with Crippen molar-refractivity contribution in [1.29, 1.82) is 0 Å². The molecule has 0 bridgehead atoms. The third-order valence-electron chi connectivity index (χ3n) is 4.38. The molecule has 0 aliphatic carbocycles. The lowest BCUT2D eigenvalue weighted by atomic mass is 10.1. The van der Waals surface area contributed by atoms with Gasteiger partial charge in [-0.15, -0.1) is 0 Å². The van der Waals surface area contributed by atoms with Crippen molar-refractivity contribution in [2.75, 3.05) is 5.75 Å². The summed E-state index contributed by atoms with van der Waals surface area (Å²) < 4.78 is 28.6. The third kappa shape index (κ3) is 5.02. The monoisotopic (exact) mass is 432 g/mol. The quantitative estimate of drug-likeness (QED) is 0.455. The molecule has 1 atom stereocenters. The minimum atomic E-state index is -0.719. The van der Waals surface area contributed by atoms with Gasteiger partial charge in [0.15, 0.2) is 10.8 Å². The standard InChI is InChI=1S/C21H22F2N4O2S/c1-12(2)10-27-20(29)16-5-4-8-24-19(16)26-21(27)30-11-18(28)25-13(3)15-7-6-14(22)9-17(15)23/h4-9,12-13H,10-11H2,1-3H3,(H,25,28)/t13-/m0/s1. The summed E-state index contributed by atoms with van der Waals surface area (Å²) in [7, 11) is 0. The molecular weight excluding hydrogens is 410 g/mol. The van der Waals surface area contributed by atoms with Gasteiger partial charge in [0, 0.05) is 24.4 Å². The smallest absolute Gasteiger partial charge is 0.263 e. The summed E-state index contributed by atoms with van der Waals surface area (Å²) in [5.41, 5.74) is 0.318. The summed E-state index contributed by atoms with van der Waals surface area (Å²) in [5, 5.41) is 3.51. The molecule has 0 fully saturated rings. The summed E-state index contributed by atoms with van der Waals surface area (Å²) in [5.74, 6) is -1.57. The molecule has 0 saturated carbocycles. The fourth-order valence-corrected chi connectivity index (χ4v) is 3.82. The molecule has 3 aromatic rings. The number of nitrogens with one attached hydrogen (secondary N) is 1. The van der Waals surface area contributed by atoms with E-state index in [0.29, 0.717) is 22.7 Å². The van der Waals surface area contributed by atoms with Crippen LogP contribution in [0, 0.1) is 17.6 Å². The van der Waals surface area contributed by atoms with Gasteiger partial charge >= 0.3 is 0 Å². The zero-order chi connectivity index (χ0) is 21.8. The molecule has 0 unspecified atom stereocenters. The highest BCUT2D eigenvalue weighted by Crippen LogP contribution is 2.20. The van der Waals surface area contributed by atoms with Gasteiger partial charge in [-0.25, -0.2) is 18.7 Å². The molecule has 0 aliphatic heterocycles. The Balaban J connectivity index is 1.77. The predicted octanol–water partition coefficient (Wildman–Crippen LogP) is 3.70. The van der Waals surface area contributed by atoms with E-state index in [4.69, 9.17) is 0 Å². The van der Waals surface area contributed by atoms with E-state index in [-0.39, 0.29) is 28.7 Å². The Labute approximate surface area is 176 Å². The lowest BCUT2D eigenvalue weighted by molar-refractivity contribution is -0.119. The summed E-state index contributed by atoms with van der Waals surface area (Å²) in [6, 6.07) is 5.95. The number of thioether (sulfide) groups is 1. The van der Waals surface area contributed by atoms with Crippen molar-refractivity contribution < 1.29 is 13.6 Å². The van der Waals surface area contributed by atoms with Crippen molar-refractivity contribution in [1.82, 2.24) is 19.9 Å². The Bertz CT molecular complexity index is 1130. The van der Waals surface area contributed by atoms with E-state index in [1.807, 2.05) is 13.8 Å². The van der Waals surface area contributed by atoms with Crippen molar-refractivity contribution >= 4 is 28.7 Å². The molecule has 1 amide bonds. The molecule has 0 saturated heterocycles. The first-order valence-corrected chi connectivity index (χ1v) is 10.5. The van der Waals surface area contributed by atoms with Crippen LogP contribution in [-0.4, -0.2) is 26.2 Å². The summed E-state index contributed by atoms with van der Waals surface area (Å²) >= 11 is 1.12. The Morgan fingerprint density at radius 2 is 2.00 bits per heavy atom. The molecule has 2 aromatic heterocycles. The van der Waals surface area contributed by atoms with Gasteiger partial charge < -0.3 is 5.32 Å². The zero-order valence-corrected chi connectivity index (χ0v) is 17.7. The second-order valence-corrected chi connectivity index (χ2v) is 8.26. The van der Waals surface area contributed by atoms with Gasteiger partial charge in [-0.1, -0.05) is 31.7 Å². The molecule has 2 heterocycles. The highest BCUT2D eigenvalue weighted by atomic mass is 32.2. The van der Waals surface area contributed by atoms with E-state index >= 15 is 0 Å². The van der Waals surface area contributed by atoms with Gasteiger partial charge in [-0.05, 0) is 31.0 Å². The van der Waals surface area contributed by atoms with Crippen molar-refractivity contribution in [3.05, 3.63) is 64.1 Å². The van der Waals surface area contributed by atoms with Crippen molar-refractivity contribution in [2.45, 2.75) is 38.5 Å². The van der Waals surface area contributed by atoms with E-state index in [2.05, 4.69) is 15.3 Å². The van der Waals surface area contributed by atoms with Crippen LogP contribution >= 0.6 is 11.8 Å². The van der Waals surface area contributed by atoms with Crippen LogP contribution in [-0.2, 0) is 11.3 Å². The third-order valence-corrected chi connectivity index (χ3v) is 5.36. The number of carbonyl (C=O) groups excluding carboxylic acids is 1. The number of aromatic nitrogens is 3. The molecular formula is C21H22F2N4O2S. The number of fused-ring (bicyclic) bond motifs is 1. The Hall–Kier alpha value is -2.81. The number of nitrogens with zero attached hydrogens (tertiary/aromatic N) is 3. The average Bonchev–Trinajstić information content (AvgIpc) is 2.68. The number of carbonyl (C=O) groups is 1. The second-order valence-electron chi connectivity index (χ2n) is 7.32. The van der Waals surface area contributed by atoms with Crippen LogP contribution in [0.1, 0.15) is 32.4 Å². The Morgan fingerprint density at radius 1 is 1.23 bits per heavy atom. The van der Waals surface area contributed by atoms with Crippen molar-refractivity contribution in [3.8, 4) is 0 Å². The van der Waals surface area contributed by atoms with Crippen LogP contribution in [0.2, 0.25) is 0 Å². The molecule has 3 rings (SSSR count). The minimum absolute atomic E-state index is 0.0178. The SMILES string of the molecule is CC(C)Cn1c(SCC(=O)N[C@@H](C)c2ccc(F)cc2F)nc2ncccc2c1=O. The molecule has 30 heavy (non-hydrogen) atoms. The second kappa shape index (κ2) is 9.34. The number of rotatable bonds is 7. The number of benzene rings is 1. The maximum atomic E-state index is 13.9. The molecule has 6 nitrogen and oxygen atoms in total. The number of amides is 1. The number of hydrogen-bond acceptors (Lipinski definition) is 5. The van der Waals surface area contributed by atoms with Gasteiger partial charge in [0.2, 0.25) is 5.91 Å². The first-order valence-electron chi connectivity index (χ1n) is 9.49. The van der Waals surface area contributed by atoms with Crippen molar-refractivity contribution in [2.24, 2.45) is 5.92 Å². The van der Waals surface area contributed by atoms with Gasteiger partial charge in [-0.2, -0.15) is 0 Å². The van der Waals surface area contributed by atoms with Gasteiger partial charge in [0.25, 0.3) is 5.56 Å². The normalized spacial score (nSPS) is 12.3. The first kappa shape index (κ1) is 21.9. The van der Waals surface area contributed by atoms with Crippen LogP contribution < -0.4 is 10.9 Å². The van der Waals surface area contributed by atoms with E-state index in [0.717, 1.165) is 23.9 Å². The molecule has 158 valence electrons. The zero-order valence-electron chi connectivity index (χ0n) is 16.9. The highest BCUT2D eigenvalue weighted by Gasteiger charge is 2.17. The molecule has 9 heteroatoms. The van der Waals surface area contributed by atoms with E-state index in [1.165, 1.54) is 6.07 Å². The maximum Gasteiger partial charge on any atom is 0.263 e. The van der Waals surface area contributed by atoms with E-state index in [9.17, 15) is 18.4 Å². The van der Waals surface area contributed by atoms with Gasteiger partial charge in [0.05, 0.1) is 17.2 Å². The largest absolute Gasteiger partial charge is 0.349 e. The topological polar surface area (TPSA) is 76.9 Å². The highest BCUT2D eigenvalue weighted by molar-refractivity contribution is 7.99. The molecule has 0 radical (unpaired) electrons. The maximum absolute atomic E-state index is 13.9. The van der Waals surface area contributed by atoms with E-state index in [1.54, 1.807) is 29.8 Å². The molecule has 1 aromatic carbocycles. The first-order chi connectivity index (χ1) is 14.3. The van der Waals surface area contributed by atoms with Crippen LogP contribution in [0.3, 0.4) is 0 Å². The summed E-state index contributed by atoms with van der Waals surface area (Å²) in [6.07, 6.45) is 1.56. The summed E-state index contributed by atoms with van der Waals surface area (Å²) in [4.78, 5) is 33.9. The lowest BCUT2D eigenvalue weighted by Crippen LogP contribution is -2.30. The molecule has 1 N–H and O–H groups in total. The van der Waals surface area contributed by atoms with Crippen LogP contribution in [0.5, 0.6) is 0 Å². The van der Waals surface area contributed by atoms with E-state index < -0.39 is 17.7 Å². The van der Waals surface area contributed by atoms with Gasteiger partial charge in [0.1, 0.15) is 11.6 Å². The number of pyridine rings is 1. The summed E-state index contributed by atoms with van der Waals surface area (Å²) in [6.45, 7) is 6.05. The van der Waals surface area contributed by atoms with Gasteiger partial charge in [-0.3, -0.25) is 14.2 Å². The molecule has 0 aliphatic rings. The lowest BCUT2D eigenvalue weighted by Gasteiger charge is -2.16. The van der Waals surface area contributed by atoms with Crippen LogP contribution in [0.4, 0.5) is 8.78 Å². The molecule has 0 spiro atoms. The fourth-order valence-electron chi connectivity index (χ4n) is 3.02. The van der Waals surface area contributed by atoms with Crippen molar-refractivity contribution in [3.63, 3.8) is 0 Å². The minimum Gasteiger partial charge on any atom is -0.349 e. The fraction of sp³-hybridized carbons (Fsp3) is 0.333. The predicted molar refractivity (Wildman–Crippen MR) is 112 cm³/mol. The van der Waals surface area contributed by atoms with Crippen LogP contribution in [0.15, 0.2) is 46.5 Å². The average molecular weight is 432 g/mol. The Kier molecular flexibility index (Phi) is 6.81. The Morgan fingerprint density at radius 3 is 2.70 bits per heavy atom.